The van der Waals surface area contributed by atoms with Gasteiger partial charge in [-0.2, -0.15) is 5.26 Å². The van der Waals surface area contributed by atoms with Crippen LogP contribution >= 0.6 is 0 Å². The van der Waals surface area contributed by atoms with Gasteiger partial charge in [-0.1, -0.05) is 17.7 Å². The fraction of sp³-hybridized carbons (Fsp3) is 0.300. The highest BCUT2D eigenvalue weighted by Crippen LogP contribution is 2.22. The Bertz CT molecular complexity index is 818. The number of aryl methyl sites for hydroxylation is 2. The van der Waals surface area contributed by atoms with Crippen molar-refractivity contribution in [2.24, 2.45) is 0 Å². The van der Waals surface area contributed by atoms with Crippen LogP contribution in [0.25, 0.3) is 6.08 Å². The lowest BCUT2D eigenvalue weighted by Crippen LogP contribution is -2.13. The maximum Gasteiger partial charge on any atom is 0.266 e. The molecule has 0 unspecified atom stereocenters. The summed E-state index contributed by atoms with van der Waals surface area (Å²) in [5.74, 6) is -0.393. The quantitative estimate of drug-likeness (QED) is 0.664. The highest BCUT2D eigenvalue weighted by molar-refractivity contribution is 6.09. The Morgan fingerprint density at radius 3 is 2.33 bits per heavy atom. The van der Waals surface area contributed by atoms with E-state index in [1.54, 1.807) is 6.08 Å². The molecule has 24 heavy (non-hydrogen) atoms. The highest BCUT2D eigenvalue weighted by Gasteiger charge is 2.14. The summed E-state index contributed by atoms with van der Waals surface area (Å²) < 4.78 is 2.19. The van der Waals surface area contributed by atoms with Gasteiger partial charge in [0.1, 0.15) is 11.6 Å². The van der Waals surface area contributed by atoms with Crippen molar-refractivity contribution in [2.75, 3.05) is 5.32 Å². The van der Waals surface area contributed by atoms with Crippen molar-refractivity contribution < 1.29 is 4.79 Å². The Hall–Kier alpha value is -2.80. The van der Waals surface area contributed by atoms with Crippen LogP contribution in [0.1, 0.15) is 42.4 Å². The Morgan fingerprint density at radius 1 is 1.21 bits per heavy atom. The Kier molecular flexibility index (Phi) is 5.25. The molecule has 0 bridgehead atoms. The van der Waals surface area contributed by atoms with Crippen molar-refractivity contribution in [3.05, 3.63) is 58.4 Å². The van der Waals surface area contributed by atoms with Gasteiger partial charge in [-0.05, 0) is 64.5 Å². The first-order valence-corrected chi connectivity index (χ1v) is 8.01. The van der Waals surface area contributed by atoms with Crippen LogP contribution in [-0.2, 0) is 4.79 Å². The summed E-state index contributed by atoms with van der Waals surface area (Å²) in [6, 6.07) is 11.8. The van der Waals surface area contributed by atoms with E-state index in [1.807, 2.05) is 57.2 Å². The van der Waals surface area contributed by atoms with Gasteiger partial charge in [-0.15, -0.1) is 0 Å². The summed E-state index contributed by atoms with van der Waals surface area (Å²) in [4.78, 5) is 12.4. The topological polar surface area (TPSA) is 57.8 Å². The predicted molar refractivity (Wildman–Crippen MR) is 97.7 cm³/mol. The van der Waals surface area contributed by atoms with Crippen molar-refractivity contribution in [2.45, 2.75) is 40.7 Å². The minimum absolute atomic E-state index is 0.0968. The number of carbonyl (C=O) groups excluding carboxylic acids is 1. The van der Waals surface area contributed by atoms with E-state index in [2.05, 4.69) is 23.7 Å². The lowest BCUT2D eigenvalue weighted by molar-refractivity contribution is -0.112. The molecule has 1 aromatic heterocycles. The number of aromatic nitrogens is 1. The molecular weight excluding hydrogens is 298 g/mol. The normalized spacial score (nSPS) is 11.5. The maximum atomic E-state index is 12.4. The van der Waals surface area contributed by atoms with E-state index in [-0.39, 0.29) is 5.57 Å². The van der Waals surface area contributed by atoms with E-state index >= 15 is 0 Å². The average molecular weight is 321 g/mol. The van der Waals surface area contributed by atoms with Crippen LogP contribution in [0.3, 0.4) is 0 Å². The zero-order chi connectivity index (χ0) is 17.9. The molecule has 0 aliphatic heterocycles. The van der Waals surface area contributed by atoms with Crippen molar-refractivity contribution >= 4 is 17.7 Å². The molecule has 2 aromatic rings. The van der Waals surface area contributed by atoms with Gasteiger partial charge in [-0.3, -0.25) is 4.79 Å². The van der Waals surface area contributed by atoms with Gasteiger partial charge >= 0.3 is 0 Å². The van der Waals surface area contributed by atoms with Crippen molar-refractivity contribution in [3.63, 3.8) is 0 Å². The maximum absolute atomic E-state index is 12.4. The summed E-state index contributed by atoms with van der Waals surface area (Å²) in [5, 5.41) is 12.1. The third-order valence-corrected chi connectivity index (χ3v) is 4.01. The van der Waals surface area contributed by atoms with Crippen LogP contribution in [0.4, 0.5) is 5.69 Å². The number of anilines is 1. The third-order valence-electron chi connectivity index (χ3n) is 4.01. The van der Waals surface area contributed by atoms with Crippen molar-refractivity contribution in [1.82, 2.24) is 4.57 Å². The third kappa shape index (κ3) is 3.75. The van der Waals surface area contributed by atoms with Crippen LogP contribution in [-0.4, -0.2) is 10.5 Å². The molecule has 0 atom stereocenters. The number of amides is 1. The first-order chi connectivity index (χ1) is 11.3. The molecule has 1 heterocycles. The average Bonchev–Trinajstić information content (AvgIpc) is 2.81. The minimum atomic E-state index is -0.393. The Morgan fingerprint density at radius 2 is 1.83 bits per heavy atom. The smallest absolute Gasteiger partial charge is 0.266 e. The number of carbonyl (C=O) groups is 1. The SMILES string of the molecule is Cc1ccc(NC(=O)/C(C#N)=C/c2cc(C)n(C(C)C)c2C)cc1. The Labute approximate surface area is 143 Å². The zero-order valence-corrected chi connectivity index (χ0v) is 14.8. The number of hydrogen-bond acceptors (Lipinski definition) is 2. The monoisotopic (exact) mass is 321 g/mol. The minimum Gasteiger partial charge on any atom is -0.346 e. The lowest BCUT2D eigenvalue weighted by atomic mass is 10.1. The van der Waals surface area contributed by atoms with Gasteiger partial charge < -0.3 is 9.88 Å². The number of nitrogens with one attached hydrogen (secondary N) is 1. The van der Waals surface area contributed by atoms with Gasteiger partial charge in [0.2, 0.25) is 0 Å². The summed E-state index contributed by atoms with van der Waals surface area (Å²) in [6.07, 6.45) is 1.66. The molecule has 0 radical (unpaired) electrons. The molecule has 1 aromatic carbocycles. The molecule has 0 aliphatic carbocycles. The molecule has 0 saturated heterocycles. The van der Waals surface area contributed by atoms with Gasteiger partial charge in [0, 0.05) is 23.1 Å². The molecule has 124 valence electrons. The van der Waals surface area contributed by atoms with E-state index in [0.717, 1.165) is 22.5 Å². The van der Waals surface area contributed by atoms with E-state index in [0.29, 0.717) is 11.7 Å². The molecule has 2 rings (SSSR count). The summed E-state index contributed by atoms with van der Waals surface area (Å²) >= 11 is 0. The fourth-order valence-electron chi connectivity index (χ4n) is 2.88. The Balaban J connectivity index is 2.29. The second-order valence-electron chi connectivity index (χ2n) is 6.28. The summed E-state index contributed by atoms with van der Waals surface area (Å²) in [5.41, 5.74) is 4.96. The van der Waals surface area contributed by atoms with Crippen molar-refractivity contribution in [1.29, 1.82) is 5.26 Å². The van der Waals surface area contributed by atoms with Crippen LogP contribution in [0.5, 0.6) is 0 Å². The van der Waals surface area contributed by atoms with Crippen LogP contribution in [0.2, 0.25) is 0 Å². The second-order valence-corrected chi connectivity index (χ2v) is 6.28. The van der Waals surface area contributed by atoms with E-state index in [9.17, 15) is 10.1 Å². The van der Waals surface area contributed by atoms with Crippen LogP contribution in [0, 0.1) is 32.1 Å². The number of rotatable bonds is 4. The number of hydrogen-bond donors (Lipinski definition) is 1. The standard InChI is InChI=1S/C20H23N3O/c1-13(2)23-15(4)10-17(16(23)5)11-18(12-21)20(24)22-19-8-6-14(3)7-9-19/h6-11,13H,1-5H3,(H,22,24)/b18-11+. The van der Waals surface area contributed by atoms with Gasteiger partial charge in [0.05, 0.1) is 0 Å². The van der Waals surface area contributed by atoms with Crippen molar-refractivity contribution in [3.8, 4) is 6.07 Å². The second kappa shape index (κ2) is 7.18. The van der Waals surface area contributed by atoms with Crippen LogP contribution < -0.4 is 5.32 Å². The molecule has 1 N–H and O–H groups in total. The van der Waals surface area contributed by atoms with Crippen LogP contribution in [0.15, 0.2) is 35.9 Å². The molecule has 4 nitrogen and oxygen atoms in total. The molecule has 0 saturated carbocycles. The first-order valence-electron chi connectivity index (χ1n) is 8.01. The number of nitrogens with zero attached hydrogens (tertiary/aromatic N) is 2. The predicted octanol–water partition coefficient (Wildman–Crippen LogP) is 4.54. The number of nitriles is 1. The number of benzene rings is 1. The van der Waals surface area contributed by atoms with E-state index in [1.165, 1.54) is 0 Å². The molecular formula is C20H23N3O. The molecule has 0 aliphatic rings. The zero-order valence-electron chi connectivity index (χ0n) is 14.8. The molecule has 1 amide bonds. The summed E-state index contributed by atoms with van der Waals surface area (Å²) in [6.45, 7) is 10.2. The molecule has 4 heteroatoms. The van der Waals surface area contributed by atoms with E-state index in [4.69, 9.17) is 0 Å². The molecule has 0 spiro atoms. The summed E-state index contributed by atoms with van der Waals surface area (Å²) in [7, 11) is 0. The van der Waals surface area contributed by atoms with Gasteiger partial charge in [0.25, 0.3) is 5.91 Å². The molecule has 0 fully saturated rings. The first kappa shape index (κ1) is 17.6. The van der Waals surface area contributed by atoms with E-state index < -0.39 is 5.91 Å². The fourth-order valence-corrected chi connectivity index (χ4v) is 2.88. The lowest BCUT2D eigenvalue weighted by Gasteiger charge is -2.13. The van der Waals surface area contributed by atoms with Gasteiger partial charge in [0.15, 0.2) is 0 Å². The highest BCUT2D eigenvalue weighted by atomic mass is 16.1. The largest absolute Gasteiger partial charge is 0.346 e. The van der Waals surface area contributed by atoms with Gasteiger partial charge in [-0.25, -0.2) is 0 Å².